The van der Waals surface area contributed by atoms with E-state index in [-0.39, 0.29) is 0 Å². The third-order valence-corrected chi connectivity index (χ3v) is 2.96. The summed E-state index contributed by atoms with van der Waals surface area (Å²) in [5, 5.41) is 11.8. The fraction of sp³-hybridized carbons (Fsp3) is 0.312. The Labute approximate surface area is 119 Å². The maximum absolute atomic E-state index is 8.47. The van der Waals surface area contributed by atoms with Crippen LogP contribution < -0.4 is 10.1 Å². The molecule has 20 heavy (non-hydrogen) atoms. The van der Waals surface area contributed by atoms with Crippen LogP contribution in [0.1, 0.15) is 24.2 Å². The normalized spacial score (nSPS) is 10.0. The molecule has 1 heterocycles. The number of rotatable bonds is 7. The third kappa shape index (κ3) is 4.06. The number of hydrogen-bond acceptors (Lipinski definition) is 4. The van der Waals surface area contributed by atoms with E-state index in [1.165, 1.54) is 0 Å². The Morgan fingerprint density at radius 3 is 3.00 bits per heavy atom. The maximum Gasteiger partial charge on any atom is 0.125 e. The number of furan rings is 1. The topological polar surface area (TPSA) is 58.2 Å². The molecule has 1 aromatic carbocycles. The van der Waals surface area contributed by atoms with Crippen molar-refractivity contribution >= 4 is 5.69 Å². The zero-order chi connectivity index (χ0) is 14.2. The number of anilines is 1. The van der Waals surface area contributed by atoms with Crippen molar-refractivity contribution in [3.8, 4) is 11.8 Å². The highest BCUT2D eigenvalue weighted by Crippen LogP contribution is 2.19. The SMILES string of the molecule is Cc1ccoc1CNc1cccc(OCCCC#N)c1. The second-order valence-corrected chi connectivity index (χ2v) is 4.52. The molecule has 0 spiro atoms. The molecule has 4 heteroatoms. The summed E-state index contributed by atoms with van der Waals surface area (Å²) in [6, 6.07) is 11.8. The molecule has 0 amide bonds. The third-order valence-electron chi connectivity index (χ3n) is 2.96. The molecular formula is C16H18N2O2. The summed E-state index contributed by atoms with van der Waals surface area (Å²) in [6.07, 6.45) is 2.97. The number of benzene rings is 1. The Morgan fingerprint density at radius 2 is 2.25 bits per heavy atom. The van der Waals surface area contributed by atoms with E-state index in [2.05, 4.69) is 11.4 Å². The van der Waals surface area contributed by atoms with Gasteiger partial charge in [-0.05, 0) is 37.1 Å². The molecule has 2 rings (SSSR count). The van der Waals surface area contributed by atoms with Crippen molar-refractivity contribution in [1.82, 2.24) is 0 Å². The van der Waals surface area contributed by atoms with Crippen LogP contribution >= 0.6 is 0 Å². The Hall–Kier alpha value is -2.41. The first-order chi connectivity index (χ1) is 9.79. The minimum atomic E-state index is 0.524. The van der Waals surface area contributed by atoms with E-state index in [1.807, 2.05) is 37.3 Å². The summed E-state index contributed by atoms with van der Waals surface area (Å²) in [7, 11) is 0. The molecule has 0 aliphatic heterocycles. The van der Waals surface area contributed by atoms with Gasteiger partial charge < -0.3 is 14.5 Å². The molecule has 0 aliphatic rings. The van der Waals surface area contributed by atoms with Gasteiger partial charge in [0.1, 0.15) is 11.5 Å². The molecule has 104 valence electrons. The molecule has 0 aliphatic carbocycles. The van der Waals surface area contributed by atoms with Crippen molar-refractivity contribution in [2.45, 2.75) is 26.3 Å². The molecule has 0 saturated carbocycles. The smallest absolute Gasteiger partial charge is 0.125 e. The molecule has 0 fully saturated rings. The molecule has 0 saturated heterocycles. The largest absolute Gasteiger partial charge is 0.493 e. The number of hydrogen-bond donors (Lipinski definition) is 1. The van der Waals surface area contributed by atoms with Crippen molar-refractivity contribution in [3.63, 3.8) is 0 Å². The Balaban J connectivity index is 1.86. The highest BCUT2D eigenvalue weighted by Gasteiger charge is 2.02. The van der Waals surface area contributed by atoms with Crippen LogP contribution in [0.4, 0.5) is 5.69 Å². The number of nitriles is 1. The summed E-state index contributed by atoms with van der Waals surface area (Å²) >= 11 is 0. The second kappa shape index (κ2) is 7.25. The van der Waals surface area contributed by atoms with Crippen LogP contribution in [-0.2, 0) is 6.54 Å². The van der Waals surface area contributed by atoms with Crippen molar-refractivity contribution in [1.29, 1.82) is 5.26 Å². The fourth-order valence-corrected chi connectivity index (χ4v) is 1.80. The molecule has 1 aromatic heterocycles. The summed E-state index contributed by atoms with van der Waals surface area (Å²) < 4.78 is 11.0. The minimum absolute atomic E-state index is 0.524. The van der Waals surface area contributed by atoms with E-state index in [0.717, 1.165) is 29.2 Å². The number of nitrogens with one attached hydrogen (secondary N) is 1. The van der Waals surface area contributed by atoms with Gasteiger partial charge in [-0.3, -0.25) is 0 Å². The van der Waals surface area contributed by atoms with E-state index in [1.54, 1.807) is 6.26 Å². The van der Waals surface area contributed by atoms with Crippen molar-refractivity contribution in [3.05, 3.63) is 47.9 Å². The first kappa shape index (κ1) is 14.0. The molecule has 4 nitrogen and oxygen atoms in total. The van der Waals surface area contributed by atoms with Gasteiger partial charge in [0.2, 0.25) is 0 Å². The van der Waals surface area contributed by atoms with E-state index in [4.69, 9.17) is 14.4 Å². The highest BCUT2D eigenvalue weighted by molar-refractivity contribution is 5.48. The molecule has 0 atom stereocenters. The van der Waals surface area contributed by atoms with Gasteiger partial charge in [0.05, 0.1) is 25.5 Å². The van der Waals surface area contributed by atoms with Crippen LogP contribution in [-0.4, -0.2) is 6.61 Å². The van der Waals surface area contributed by atoms with Crippen LogP contribution in [0.15, 0.2) is 41.0 Å². The van der Waals surface area contributed by atoms with Crippen LogP contribution in [0, 0.1) is 18.3 Å². The number of unbranched alkanes of at least 4 members (excludes halogenated alkanes) is 1. The van der Waals surface area contributed by atoms with Gasteiger partial charge in [0.25, 0.3) is 0 Å². The van der Waals surface area contributed by atoms with Crippen LogP contribution in [0.3, 0.4) is 0 Å². The average Bonchev–Trinajstić information content (AvgIpc) is 2.87. The summed E-state index contributed by atoms with van der Waals surface area (Å²) in [5.41, 5.74) is 2.12. The second-order valence-electron chi connectivity index (χ2n) is 4.52. The molecule has 0 radical (unpaired) electrons. The quantitative estimate of drug-likeness (QED) is 0.776. The van der Waals surface area contributed by atoms with Crippen molar-refractivity contribution in [2.75, 3.05) is 11.9 Å². The Bertz CT molecular complexity index is 584. The van der Waals surface area contributed by atoms with Gasteiger partial charge in [0, 0.05) is 18.2 Å². The Kier molecular flexibility index (Phi) is 5.08. The fourth-order valence-electron chi connectivity index (χ4n) is 1.80. The average molecular weight is 270 g/mol. The Morgan fingerprint density at radius 1 is 1.35 bits per heavy atom. The monoisotopic (exact) mass is 270 g/mol. The van der Waals surface area contributed by atoms with Gasteiger partial charge in [0.15, 0.2) is 0 Å². The van der Waals surface area contributed by atoms with Crippen LogP contribution in [0.25, 0.3) is 0 Å². The lowest BCUT2D eigenvalue weighted by atomic mass is 10.2. The summed E-state index contributed by atoms with van der Waals surface area (Å²) in [6.45, 7) is 3.24. The van der Waals surface area contributed by atoms with Gasteiger partial charge >= 0.3 is 0 Å². The van der Waals surface area contributed by atoms with E-state index < -0.39 is 0 Å². The van der Waals surface area contributed by atoms with Crippen molar-refractivity contribution in [2.24, 2.45) is 0 Å². The molecule has 0 bridgehead atoms. The molecule has 0 unspecified atom stereocenters. The zero-order valence-electron chi connectivity index (χ0n) is 11.6. The lowest BCUT2D eigenvalue weighted by molar-refractivity contribution is 0.313. The van der Waals surface area contributed by atoms with Gasteiger partial charge in [-0.15, -0.1) is 0 Å². The first-order valence-electron chi connectivity index (χ1n) is 6.66. The highest BCUT2D eigenvalue weighted by atomic mass is 16.5. The van der Waals surface area contributed by atoms with E-state index in [0.29, 0.717) is 19.6 Å². The standard InChI is InChI=1S/C16H18N2O2/c1-13-7-10-20-16(13)12-18-14-5-4-6-15(11-14)19-9-3-2-8-17/h4-7,10-11,18H,2-3,9,12H2,1H3. The lowest BCUT2D eigenvalue weighted by Gasteiger charge is -2.09. The van der Waals surface area contributed by atoms with Crippen LogP contribution in [0.2, 0.25) is 0 Å². The molecule has 1 N–H and O–H groups in total. The lowest BCUT2D eigenvalue weighted by Crippen LogP contribution is -2.01. The van der Waals surface area contributed by atoms with Crippen molar-refractivity contribution < 1.29 is 9.15 Å². The van der Waals surface area contributed by atoms with E-state index >= 15 is 0 Å². The summed E-state index contributed by atoms with van der Waals surface area (Å²) in [5.74, 6) is 1.74. The van der Waals surface area contributed by atoms with Crippen LogP contribution in [0.5, 0.6) is 5.75 Å². The number of ether oxygens (including phenoxy) is 1. The predicted molar refractivity (Wildman–Crippen MR) is 77.6 cm³/mol. The predicted octanol–water partition coefficient (Wildman–Crippen LogP) is 3.88. The maximum atomic E-state index is 8.47. The van der Waals surface area contributed by atoms with Gasteiger partial charge in [-0.2, -0.15) is 5.26 Å². The zero-order valence-corrected chi connectivity index (χ0v) is 11.6. The first-order valence-corrected chi connectivity index (χ1v) is 6.66. The number of nitrogens with zero attached hydrogens (tertiary/aromatic N) is 1. The number of aryl methyl sites for hydroxylation is 1. The minimum Gasteiger partial charge on any atom is -0.493 e. The van der Waals surface area contributed by atoms with E-state index in [9.17, 15) is 0 Å². The molecule has 2 aromatic rings. The molecular weight excluding hydrogens is 252 g/mol. The summed E-state index contributed by atoms with van der Waals surface area (Å²) in [4.78, 5) is 0. The van der Waals surface area contributed by atoms with Gasteiger partial charge in [-0.25, -0.2) is 0 Å². The van der Waals surface area contributed by atoms with Gasteiger partial charge in [-0.1, -0.05) is 6.07 Å².